The molecular weight excluding hydrogens is 371 g/mol. The van der Waals surface area contributed by atoms with E-state index in [1.54, 1.807) is 18.5 Å². The fourth-order valence-corrected chi connectivity index (χ4v) is 3.74. The summed E-state index contributed by atoms with van der Waals surface area (Å²) in [6, 6.07) is 3.14. The van der Waals surface area contributed by atoms with Crippen molar-refractivity contribution < 1.29 is 9.13 Å². The summed E-state index contributed by atoms with van der Waals surface area (Å²) in [7, 11) is 0. The molecule has 0 aliphatic carbocycles. The summed E-state index contributed by atoms with van der Waals surface area (Å²) in [4.78, 5) is 17.6. The van der Waals surface area contributed by atoms with Gasteiger partial charge in [-0.2, -0.15) is 0 Å². The zero-order chi connectivity index (χ0) is 20.0. The van der Waals surface area contributed by atoms with Crippen LogP contribution in [0.3, 0.4) is 0 Å². The number of aryl methyl sites for hydroxylation is 2. The van der Waals surface area contributed by atoms with Crippen LogP contribution in [0.1, 0.15) is 22.5 Å². The predicted molar refractivity (Wildman–Crippen MR) is 106 cm³/mol. The van der Waals surface area contributed by atoms with Crippen LogP contribution in [0.15, 0.2) is 37.1 Å². The normalized spacial score (nSPS) is 12.8. The van der Waals surface area contributed by atoms with Crippen molar-refractivity contribution in [2.75, 3.05) is 11.9 Å². The van der Waals surface area contributed by atoms with Gasteiger partial charge in [0.2, 0.25) is 5.95 Å². The highest BCUT2D eigenvalue weighted by Crippen LogP contribution is 2.31. The van der Waals surface area contributed by atoms with E-state index in [1.807, 2.05) is 24.4 Å². The van der Waals surface area contributed by atoms with Gasteiger partial charge in [-0.1, -0.05) is 0 Å². The molecule has 0 fully saturated rings. The summed E-state index contributed by atoms with van der Waals surface area (Å²) in [5, 5.41) is 3.27. The van der Waals surface area contributed by atoms with Crippen LogP contribution in [0, 0.1) is 19.7 Å². The first-order chi connectivity index (χ1) is 14.1. The second-order valence-corrected chi connectivity index (χ2v) is 7.05. The van der Waals surface area contributed by atoms with Gasteiger partial charge in [-0.3, -0.25) is 4.40 Å². The molecule has 1 aromatic carbocycles. The Labute approximate surface area is 166 Å². The van der Waals surface area contributed by atoms with Crippen molar-refractivity contribution in [3.63, 3.8) is 0 Å². The molecule has 0 atom stereocenters. The van der Waals surface area contributed by atoms with Gasteiger partial charge in [-0.25, -0.2) is 24.3 Å². The first-order valence-electron chi connectivity index (χ1n) is 9.40. The average molecular weight is 390 g/mol. The minimum absolute atomic E-state index is 0.242. The fraction of sp³-hybridized carbons (Fsp3) is 0.238. The van der Waals surface area contributed by atoms with E-state index >= 15 is 0 Å². The van der Waals surface area contributed by atoms with Gasteiger partial charge >= 0.3 is 0 Å². The summed E-state index contributed by atoms with van der Waals surface area (Å²) in [6.45, 7) is 4.75. The van der Waals surface area contributed by atoms with Gasteiger partial charge in [0.25, 0.3) is 0 Å². The third-order valence-corrected chi connectivity index (χ3v) is 5.18. The van der Waals surface area contributed by atoms with Gasteiger partial charge in [0.15, 0.2) is 0 Å². The lowest BCUT2D eigenvalue weighted by Crippen LogP contribution is -2.10. The van der Waals surface area contributed by atoms with Crippen LogP contribution in [0.2, 0.25) is 0 Å². The highest BCUT2D eigenvalue weighted by Gasteiger charge is 2.20. The van der Waals surface area contributed by atoms with Crippen molar-refractivity contribution in [2.45, 2.75) is 26.8 Å². The lowest BCUT2D eigenvalue weighted by molar-refractivity contribution is 0.356. The molecule has 4 aromatic rings. The molecule has 0 radical (unpaired) electrons. The van der Waals surface area contributed by atoms with Gasteiger partial charge in [-0.15, -0.1) is 0 Å². The van der Waals surface area contributed by atoms with Gasteiger partial charge in [0.05, 0.1) is 12.3 Å². The molecule has 0 saturated heterocycles. The maximum atomic E-state index is 14.4. The number of ether oxygens (including phenoxy) is 1. The molecular formula is C21H19FN6O. The zero-order valence-electron chi connectivity index (χ0n) is 16.1. The summed E-state index contributed by atoms with van der Waals surface area (Å²) in [6.07, 6.45) is 7.65. The topological polar surface area (TPSA) is 77.2 Å². The Balaban J connectivity index is 1.54. The Morgan fingerprint density at radius 3 is 2.93 bits per heavy atom. The largest absolute Gasteiger partial charge is 0.493 e. The number of nitrogens with one attached hydrogen (secondary N) is 1. The lowest BCUT2D eigenvalue weighted by Gasteiger charge is -2.13. The van der Waals surface area contributed by atoms with E-state index in [9.17, 15) is 4.39 Å². The third kappa shape index (κ3) is 2.97. The highest BCUT2D eigenvalue weighted by molar-refractivity contribution is 5.79. The molecule has 7 nitrogen and oxygen atoms in total. The second-order valence-electron chi connectivity index (χ2n) is 7.05. The van der Waals surface area contributed by atoms with Crippen molar-refractivity contribution in [1.29, 1.82) is 0 Å². The second kappa shape index (κ2) is 6.80. The Hall–Kier alpha value is -3.55. The highest BCUT2D eigenvalue weighted by atomic mass is 19.1. The van der Waals surface area contributed by atoms with Crippen molar-refractivity contribution in [3.05, 3.63) is 65.4 Å². The molecule has 0 bridgehead atoms. The van der Waals surface area contributed by atoms with Gasteiger partial charge in [0, 0.05) is 59.5 Å². The van der Waals surface area contributed by atoms with Crippen LogP contribution >= 0.6 is 0 Å². The number of benzene rings is 1. The maximum absolute atomic E-state index is 14.4. The van der Waals surface area contributed by atoms with Gasteiger partial charge in [-0.05, 0) is 26.0 Å². The number of halogens is 1. The SMILES string of the molecule is Cc1cn2c(NCc3c(F)ccc4c3CCO4)ncc(-c3cncnc3C)c2n1. The first-order valence-corrected chi connectivity index (χ1v) is 9.40. The molecule has 146 valence electrons. The van der Waals surface area contributed by atoms with E-state index in [2.05, 4.69) is 25.3 Å². The number of anilines is 1. The summed E-state index contributed by atoms with van der Waals surface area (Å²) < 4.78 is 21.9. The average Bonchev–Trinajstić information content (AvgIpc) is 3.34. The van der Waals surface area contributed by atoms with Crippen LogP contribution in [0.4, 0.5) is 10.3 Å². The molecule has 1 aliphatic rings. The van der Waals surface area contributed by atoms with Crippen LogP contribution in [0.5, 0.6) is 5.75 Å². The molecule has 5 rings (SSSR count). The molecule has 1 aliphatic heterocycles. The standard InChI is InChI=1S/C21H19FN6O/c1-12-10-28-20(27-12)17(15-7-23-11-26-13(15)2)9-25-21(28)24-8-16-14-5-6-29-19(14)4-3-18(16)22/h3-4,7,9-11H,5-6,8H2,1-2H3,(H,24,25). The van der Waals surface area contributed by atoms with E-state index in [-0.39, 0.29) is 5.82 Å². The predicted octanol–water partition coefficient (Wildman–Crippen LogP) is 3.49. The van der Waals surface area contributed by atoms with Crippen LogP contribution in [0.25, 0.3) is 16.8 Å². The molecule has 0 spiro atoms. The number of nitrogens with zero attached hydrogens (tertiary/aromatic N) is 5. The Bertz CT molecular complexity index is 1240. The number of hydrogen-bond acceptors (Lipinski definition) is 6. The number of rotatable bonds is 4. The quantitative estimate of drug-likeness (QED) is 0.575. The first kappa shape index (κ1) is 17.5. The van der Waals surface area contributed by atoms with Gasteiger partial charge < -0.3 is 10.1 Å². The fourth-order valence-electron chi connectivity index (χ4n) is 3.74. The summed E-state index contributed by atoms with van der Waals surface area (Å²) in [5.41, 5.74) is 5.73. The molecule has 0 amide bonds. The molecule has 29 heavy (non-hydrogen) atoms. The molecule has 0 unspecified atom stereocenters. The lowest BCUT2D eigenvalue weighted by atomic mass is 10.0. The van der Waals surface area contributed by atoms with Crippen molar-refractivity contribution in [2.24, 2.45) is 0 Å². The number of aromatic nitrogens is 5. The Kier molecular flexibility index (Phi) is 4.12. The van der Waals surface area contributed by atoms with Crippen LogP contribution in [-0.2, 0) is 13.0 Å². The van der Waals surface area contributed by atoms with Crippen molar-refractivity contribution in [3.8, 4) is 16.9 Å². The maximum Gasteiger partial charge on any atom is 0.208 e. The monoisotopic (exact) mass is 390 g/mol. The molecule has 0 saturated carbocycles. The zero-order valence-corrected chi connectivity index (χ0v) is 16.1. The van der Waals surface area contributed by atoms with E-state index in [0.29, 0.717) is 31.1 Å². The molecule has 3 aromatic heterocycles. The van der Waals surface area contributed by atoms with E-state index in [4.69, 9.17) is 4.74 Å². The minimum atomic E-state index is -0.242. The van der Waals surface area contributed by atoms with E-state index in [1.165, 1.54) is 12.4 Å². The number of fused-ring (bicyclic) bond motifs is 2. The Morgan fingerprint density at radius 2 is 2.07 bits per heavy atom. The van der Waals surface area contributed by atoms with Crippen LogP contribution < -0.4 is 10.1 Å². The van der Waals surface area contributed by atoms with Crippen molar-refractivity contribution >= 4 is 11.6 Å². The Morgan fingerprint density at radius 1 is 1.17 bits per heavy atom. The van der Waals surface area contributed by atoms with E-state index in [0.717, 1.165) is 39.5 Å². The van der Waals surface area contributed by atoms with Gasteiger partial charge in [0.1, 0.15) is 23.5 Å². The molecule has 8 heteroatoms. The van der Waals surface area contributed by atoms with Crippen LogP contribution in [-0.4, -0.2) is 30.9 Å². The van der Waals surface area contributed by atoms with Crippen molar-refractivity contribution in [1.82, 2.24) is 24.3 Å². The summed E-state index contributed by atoms with van der Waals surface area (Å²) in [5.74, 6) is 1.11. The molecule has 1 N–H and O–H groups in total. The van der Waals surface area contributed by atoms with E-state index < -0.39 is 0 Å². The molecule has 4 heterocycles. The third-order valence-electron chi connectivity index (χ3n) is 5.18. The number of hydrogen-bond donors (Lipinski definition) is 1. The minimum Gasteiger partial charge on any atom is -0.493 e. The smallest absolute Gasteiger partial charge is 0.208 e. The number of imidazole rings is 1. The summed E-state index contributed by atoms with van der Waals surface area (Å²) >= 11 is 0.